The van der Waals surface area contributed by atoms with E-state index in [2.05, 4.69) is 79.3 Å². The fourth-order valence-corrected chi connectivity index (χ4v) is 2.59. The van der Waals surface area contributed by atoms with Crippen molar-refractivity contribution in [3.05, 3.63) is 78.2 Å². The van der Waals surface area contributed by atoms with Gasteiger partial charge in [-0.1, -0.05) is 74.0 Å². The van der Waals surface area contributed by atoms with E-state index in [1.165, 1.54) is 30.4 Å². The van der Waals surface area contributed by atoms with Crippen molar-refractivity contribution in [3.8, 4) is 0 Å². The molecule has 0 spiro atoms. The second-order valence-electron chi connectivity index (χ2n) is 5.43. The molecule has 2 rings (SSSR count). The van der Waals surface area contributed by atoms with Gasteiger partial charge in [-0.05, 0) is 43.4 Å². The Labute approximate surface area is 129 Å². The zero-order valence-electron chi connectivity index (χ0n) is 13.0. The number of benzene rings is 2. The van der Waals surface area contributed by atoms with Gasteiger partial charge in [-0.2, -0.15) is 0 Å². The summed E-state index contributed by atoms with van der Waals surface area (Å²) in [5, 5.41) is 3.67. The average Bonchev–Trinajstić information content (AvgIpc) is 2.55. The first kappa shape index (κ1) is 15.8. The third-order valence-electron chi connectivity index (χ3n) is 3.73. The first-order valence-corrected chi connectivity index (χ1v) is 8.05. The molecule has 1 N–H and O–H groups in total. The predicted molar refractivity (Wildman–Crippen MR) is 91.2 cm³/mol. The van der Waals surface area contributed by atoms with E-state index in [4.69, 9.17) is 0 Å². The van der Waals surface area contributed by atoms with Crippen LogP contribution in [0.25, 0.3) is 0 Å². The van der Waals surface area contributed by atoms with Crippen LogP contribution in [-0.4, -0.2) is 6.54 Å². The Bertz CT molecular complexity index is 478. The van der Waals surface area contributed by atoms with Crippen molar-refractivity contribution in [3.63, 3.8) is 0 Å². The molecule has 0 heterocycles. The maximum Gasteiger partial charge on any atom is 0.0351 e. The molecular formula is C20H26N. The minimum absolute atomic E-state index is 0.382. The van der Waals surface area contributed by atoms with E-state index < -0.39 is 0 Å². The van der Waals surface area contributed by atoms with Crippen LogP contribution in [0.4, 0.5) is 0 Å². The SMILES string of the molecule is CC[CH]C(NCCCCc1ccccc1)c1ccccc1. The second-order valence-corrected chi connectivity index (χ2v) is 5.43. The van der Waals surface area contributed by atoms with E-state index in [0.717, 1.165) is 13.0 Å². The smallest absolute Gasteiger partial charge is 0.0351 e. The molecule has 0 aliphatic heterocycles. The maximum atomic E-state index is 3.67. The Balaban J connectivity index is 1.70. The summed E-state index contributed by atoms with van der Waals surface area (Å²) in [4.78, 5) is 0. The summed E-state index contributed by atoms with van der Waals surface area (Å²) >= 11 is 0. The number of rotatable bonds is 9. The van der Waals surface area contributed by atoms with E-state index in [9.17, 15) is 0 Å². The highest BCUT2D eigenvalue weighted by Crippen LogP contribution is 2.17. The minimum atomic E-state index is 0.382. The van der Waals surface area contributed by atoms with Gasteiger partial charge in [0.05, 0.1) is 0 Å². The lowest BCUT2D eigenvalue weighted by Crippen LogP contribution is -2.22. The number of nitrogens with one attached hydrogen (secondary N) is 1. The molecule has 1 nitrogen and oxygen atoms in total. The second kappa shape index (κ2) is 9.36. The first-order valence-electron chi connectivity index (χ1n) is 8.05. The van der Waals surface area contributed by atoms with E-state index in [1.54, 1.807) is 0 Å². The van der Waals surface area contributed by atoms with Crippen LogP contribution < -0.4 is 5.32 Å². The van der Waals surface area contributed by atoms with Crippen molar-refractivity contribution in [2.45, 2.75) is 38.6 Å². The number of aryl methyl sites for hydroxylation is 1. The van der Waals surface area contributed by atoms with Crippen LogP contribution in [-0.2, 0) is 6.42 Å². The van der Waals surface area contributed by atoms with Gasteiger partial charge in [0.15, 0.2) is 0 Å². The van der Waals surface area contributed by atoms with Gasteiger partial charge in [0.1, 0.15) is 0 Å². The van der Waals surface area contributed by atoms with Gasteiger partial charge < -0.3 is 5.32 Å². The largest absolute Gasteiger partial charge is 0.310 e. The van der Waals surface area contributed by atoms with Crippen LogP contribution in [0.15, 0.2) is 60.7 Å². The molecule has 1 heteroatoms. The first-order chi connectivity index (χ1) is 10.4. The molecular weight excluding hydrogens is 254 g/mol. The molecule has 2 aromatic rings. The van der Waals surface area contributed by atoms with Crippen molar-refractivity contribution < 1.29 is 0 Å². The Morgan fingerprint density at radius 1 is 0.905 bits per heavy atom. The highest BCUT2D eigenvalue weighted by Gasteiger charge is 2.08. The summed E-state index contributed by atoms with van der Waals surface area (Å²) < 4.78 is 0. The van der Waals surface area contributed by atoms with Gasteiger partial charge in [-0.3, -0.25) is 0 Å². The fraction of sp³-hybridized carbons (Fsp3) is 0.350. The quantitative estimate of drug-likeness (QED) is 0.640. The topological polar surface area (TPSA) is 12.0 Å². The lowest BCUT2D eigenvalue weighted by Gasteiger charge is -2.18. The zero-order chi connectivity index (χ0) is 14.8. The molecule has 0 aliphatic rings. The van der Waals surface area contributed by atoms with Crippen molar-refractivity contribution in [1.82, 2.24) is 5.32 Å². The summed E-state index contributed by atoms with van der Waals surface area (Å²) in [6, 6.07) is 21.8. The van der Waals surface area contributed by atoms with Crippen molar-refractivity contribution >= 4 is 0 Å². The van der Waals surface area contributed by atoms with Crippen LogP contribution in [0.5, 0.6) is 0 Å². The van der Waals surface area contributed by atoms with Crippen molar-refractivity contribution in [2.24, 2.45) is 0 Å². The lowest BCUT2D eigenvalue weighted by molar-refractivity contribution is 0.549. The molecule has 0 amide bonds. The van der Waals surface area contributed by atoms with E-state index in [0.29, 0.717) is 6.04 Å². The summed E-state index contributed by atoms with van der Waals surface area (Å²) in [6.07, 6.45) is 7.08. The normalized spacial score (nSPS) is 12.2. The highest BCUT2D eigenvalue weighted by molar-refractivity contribution is 5.21. The lowest BCUT2D eigenvalue weighted by atomic mass is 10.0. The van der Waals surface area contributed by atoms with Crippen LogP contribution >= 0.6 is 0 Å². The third-order valence-corrected chi connectivity index (χ3v) is 3.73. The number of hydrogen-bond donors (Lipinski definition) is 1. The standard InChI is InChI=1S/C20H26N/c1-2-11-20(19-15-7-4-8-16-19)21-17-10-9-14-18-12-5-3-6-13-18/h3-8,11-13,15-16,20-21H,2,9-10,14,17H2,1H3. The van der Waals surface area contributed by atoms with E-state index in [-0.39, 0.29) is 0 Å². The Morgan fingerprint density at radius 2 is 1.57 bits per heavy atom. The Kier molecular flexibility index (Phi) is 7.03. The van der Waals surface area contributed by atoms with Crippen LogP contribution in [0.1, 0.15) is 43.4 Å². The molecule has 0 aromatic heterocycles. The van der Waals surface area contributed by atoms with Crippen molar-refractivity contribution in [1.29, 1.82) is 0 Å². The number of unbranched alkanes of at least 4 members (excludes halogenated alkanes) is 1. The van der Waals surface area contributed by atoms with Crippen LogP contribution in [0.3, 0.4) is 0 Å². The molecule has 21 heavy (non-hydrogen) atoms. The molecule has 1 atom stereocenters. The predicted octanol–water partition coefficient (Wildman–Crippen LogP) is 4.95. The molecule has 0 aliphatic carbocycles. The monoisotopic (exact) mass is 280 g/mol. The van der Waals surface area contributed by atoms with E-state index >= 15 is 0 Å². The minimum Gasteiger partial charge on any atom is -0.310 e. The van der Waals surface area contributed by atoms with Crippen LogP contribution in [0, 0.1) is 6.42 Å². The fourth-order valence-electron chi connectivity index (χ4n) is 2.59. The summed E-state index contributed by atoms with van der Waals surface area (Å²) in [5.41, 5.74) is 2.81. The maximum absolute atomic E-state index is 3.67. The zero-order valence-corrected chi connectivity index (χ0v) is 13.0. The molecule has 111 valence electrons. The Hall–Kier alpha value is -1.60. The highest BCUT2D eigenvalue weighted by atomic mass is 14.9. The van der Waals surface area contributed by atoms with Gasteiger partial charge in [0.2, 0.25) is 0 Å². The van der Waals surface area contributed by atoms with Gasteiger partial charge in [0.25, 0.3) is 0 Å². The molecule has 0 saturated heterocycles. The van der Waals surface area contributed by atoms with Gasteiger partial charge >= 0.3 is 0 Å². The van der Waals surface area contributed by atoms with Gasteiger partial charge in [-0.15, -0.1) is 0 Å². The molecule has 1 radical (unpaired) electrons. The number of hydrogen-bond acceptors (Lipinski definition) is 1. The summed E-state index contributed by atoms with van der Waals surface area (Å²) in [7, 11) is 0. The summed E-state index contributed by atoms with van der Waals surface area (Å²) in [6.45, 7) is 3.27. The molecule has 0 fully saturated rings. The van der Waals surface area contributed by atoms with E-state index in [1.807, 2.05) is 0 Å². The summed E-state index contributed by atoms with van der Waals surface area (Å²) in [5.74, 6) is 0. The van der Waals surface area contributed by atoms with Crippen molar-refractivity contribution in [2.75, 3.05) is 6.54 Å². The molecule has 1 unspecified atom stereocenters. The molecule has 0 bridgehead atoms. The molecule has 2 aromatic carbocycles. The average molecular weight is 280 g/mol. The Morgan fingerprint density at radius 3 is 2.24 bits per heavy atom. The van der Waals surface area contributed by atoms with Crippen LogP contribution in [0.2, 0.25) is 0 Å². The van der Waals surface area contributed by atoms with Gasteiger partial charge in [0, 0.05) is 6.04 Å². The molecule has 0 saturated carbocycles. The third kappa shape index (κ3) is 5.73. The van der Waals surface area contributed by atoms with Gasteiger partial charge in [-0.25, -0.2) is 0 Å².